The van der Waals surface area contributed by atoms with E-state index in [1.807, 2.05) is 33.0 Å². The molecule has 5 nitrogen and oxygen atoms in total. The number of nitrogens with zero attached hydrogens (tertiary/aromatic N) is 2. The van der Waals surface area contributed by atoms with Crippen molar-refractivity contribution in [2.45, 2.75) is 65.8 Å². The van der Waals surface area contributed by atoms with E-state index in [0.717, 1.165) is 55.5 Å². The maximum atomic E-state index is 13.0. The van der Waals surface area contributed by atoms with Crippen LogP contribution in [0.15, 0.2) is 12.1 Å². The number of pyridine rings is 1. The van der Waals surface area contributed by atoms with Gasteiger partial charge in [-0.15, -0.1) is 0 Å². The van der Waals surface area contributed by atoms with Gasteiger partial charge in [0, 0.05) is 31.1 Å². The standard InChI is InChI=1S/C21H33N3O2/c1-5-6-11-22-20(25)18-9-7-8-10-19(18)21(26)24(4)14-17-13-15(2)12-16(3)23-17/h12-13,18-19H,5-11,14H2,1-4H3,(H,22,25)/t18-,19+/m1/s1. The van der Waals surface area contributed by atoms with E-state index in [9.17, 15) is 9.59 Å². The Morgan fingerprint density at radius 1 is 1.19 bits per heavy atom. The van der Waals surface area contributed by atoms with Crippen molar-refractivity contribution < 1.29 is 9.59 Å². The molecule has 1 saturated carbocycles. The van der Waals surface area contributed by atoms with Gasteiger partial charge in [-0.2, -0.15) is 0 Å². The number of aromatic nitrogens is 1. The van der Waals surface area contributed by atoms with Gasteiger partial charge in [0.1, 0.15) is 0 Å². The van der Waals surface area contributed by atoms with Gasteiger partial charge in [0.15, 0.2) is 0 Å². The molecule has 1 heterocycles. The minimum Gasteiger partial charge on any atom is -0.356 e. The number of nitrogens with one attached hydrogen (secondary N) is 1. The molecule has 0 aromatic carbocycles. The molecular weight excluding hydrogens is 326 g/mol. The molecule has 2 atom stereocenters. The first kappa shape index (κ1) is 20.4. The van der Waals surface area contributed by atoms with Crippen molar-refractivity contribution in [3.05, 3.63) is 29.1 Å². The summed E-state index contributed by atoms with van der Waals surface area (Å²) < 4.78 is 0. The first-order valence-electron chi connectivity index (χ1n) is 9.89. The summed E-state index contributed by atoms with van der Waals surface area (Å²) in [5, 5.41) is 3.02. The van der Waals surface area contributed by atoms with Crippen molar-refractivity contribution in [1.82, 2.24) is 15.2 Å². The van der Waals surface area contributed by atoms with Crippen LogP contribution in [-0.4, -0.2) is 35.3 Å². The van der Waals surface area contributed by atoms with Gasteiger partial charge in [-0.3, -0.25) is 14.6 Å². The molecule has 0 saturated heterocycles. The fourth-order valence-electron chi connectivity index (χ4n) is 3.87. The summed E-state index contributed by atoms with van der Waals surface area (Å²) in [7, 11) is 1.82. The average molecular weight is 360 g/mol. The van der Waals surface area contributed by atoms with Gasteiger partial charge in [0.2, 0.25) is 11.8 Å². The van der Waals surface area contributed by atoms with Gasteiger partial charge < -0.3 is 10.2 Å². The van der Waals surface area contributed by atoms with Gasteiger partial charge in [-0.05, 0) is 50.8 Å². The third kappa shape index (κ3) is 5.55. The van der Waals surface area contributed by atoms with Gasteiger partial charge in [0.05, 0.1) is 12.2 Å². The second-order valence-electron chi connectivity index (χ2n) is 7.61. The average Bonchev–Trinajstić information content (AvgIpc) is 2.60. The highest BCUT2D eigenvalue weighted by Crippen LogP contribution is 2.32. The number of rotatable bonds is 7. The second kappa shape index (κ2) is 9.70. The summed E-state index contributed by atoms with van der Waals surface area (Å²) >= 11 is 0. The summed E-state index contributed by atoms with van der Waals surface area (Å²) in [6.07, 6.45) is 5.69. The fourth-order valence-corrected chi connectivity index (χ4v) is 3.87. The van der Waals surface area contributed by atoms with E-state index in [-0.39, 0.29) is 23.7 Å². The fraction of sp³-hybridized carbons (Fsp3) is 0.667. The largest absolute Gasteiger partial charge is 0.356 e. The predicted octanol–water partition coefficient (Wildman–Crippen LogP) is 3.38. The highest BCUT2D eigenvalue weighted by atomic mass is 16.2. The molecule has 1 aliphatic rings. The minimum atomic E-state index is -0.207. The number of carbonyl (C=O) groups excluding carboxylic acids is 2. The Balaban J connectivity index is 2.02. The Labute approximate surface area is 157 Å². The molecule has 0 bridgehead atoms. The maximum absolute atomic E-state index is 13.0. The number of hydrogen-bond donors (Lipinski definition) is 1. The lowest BCUT2D eigenvalue weighted by Gasteiger charge is -2.32. The van der Waals surface area contributed by atoms with Crippen LogP contribution in [0.2, 0.25) is 0 Å². The van der Waals surface area contributed by atoms with Crippen LogP contribution in [0.3, 0.4) is 0 Å². The molecule has 0 unspecified atom stereocenters. The lowest BCUT2D eigenvalue weighted by molar-refractivity contribution is -0.143. The molecule has 0 aliphatic heterocycles. The van der Waals surface area contributed by atoms with Crippen molar-refractivity contribution in [3.63, 3.8) is 0 Å². The number of carbonyl (C=O) groups is 2. The van der Waals surface area contributed by atoms with Crippen LogP contribution >= 0.6 is 0 Å². The summed E-state index contributed by atoms with van der Waals surface area (Å²) in [4.78, 5) is 31.9. The molecule has 1 aromatic heterocycles. The smallest absolute Gasteiger partial charge is 0.226 e. The van der Waals surface area contributed by atoms with Crippen LogP contribution in [-0.2, 0) is 16.1 Å². The van der Waals surface area contributed by atoms with E-state index in [2.05, 4.69) is 17.2 Å². The van der Waals surface area contributed by atoms with Gasteiger partial charge in [-0.1, -0.05) is 26.2 Å². The van der Waals surface area contributed by atoms with E-state index in [0.29, 0.717) is 13.1 Å². The molecule has 2 rings (SSSR count). The van der Waals surface area contributed by atoms with Crippen LogP contribution in [0.5, 0.6) is 0 Å². The van der Waals surface area contributed by atoms with Crippen LogP contribution in [0.25, 0.3) is 0 Å². The number of unbranched alkanes of at least 4 members (excludes halogenated alkanes) is 1. The quantitative estimate of drug-likeness (QED) is 0.759. The predicted molar refractivity (Wildman–Crippen MR) is 104 cm³/mol. The molecule has 1 aliphatic carbocycles. The summed E-state index contributed by atoms with van der Waals surface area (Å²) in [5.41, 5.74) is 3.02. The second-order valence-corrected chi connectivity index (χ2v) is 7.61. The first-order chi connectivity index (χ1) is 12.4. The number of hydrogen-bond acceptors (Lipinski definition) is 3. The lowest BCUT2D eigenvalue weighted by atomic mass is 9.78. The van der Waals surface area contributed by atoms with Crippen LogP contribution in [0.1, 0.15) is 62.4 Å². The Morgan fingerprint density at radius 2 is 1.88 bits per heavy atom. The van der Waals surface area contributed by atoms with Gasteiger partial charge in [0.25, 0.3) is 0 Å². The van der Waals surface area contributed by atoms with Crippen molar-refractivity contribution in [2.75, 3.05) is 13.6 Å². The third-order valence-corrected chi connectivity index (χ3v) is 5.18. The highest BCUT2D eigenvalue weighted by molar-refractivity contribution is 5.87. The Bertz CT molecular complexity index is 609. The van der Waals surface area contributed by atoms with Gasteiger partial charge in [-0.25, -0.2) is 0 Å². The lowest BCUT2D eigenvalue weighted by Crippen LogP contribution is -2.44. The van der Waals surface area contributed by atoms with E-state index in [4.69, 9.17) is 0 Å². The van der Waals surface area contributed by atoms with Gasteiger partial charge >= 0.3 is 0 Å². The summed E-state index contributed by atoms with van der Waals surface area (Å²) in [6.45, 7) is 7.31. The number of aryl methyl sites for hydroxylation is 2. The SMILES string of the molecule is CCCCNC(=O)[C@@H]1CCCC[C@@H]1C(=O)N(C)Cc1cc(C)cc(C)n1. The highest BCUT2D eigenvalue weighted by Gasteiger charge is 2.36. The molecule has 1 N–H and O–H groups in total. The molecule has 1 fully saturated rings. The number of amides is 2. The van der Waals surface area contributed by atoms with Crippen LogP contribution < -0.4 is 5.32 Å². The van der Waals surface area contributed by atoms with Crippen molar-refractivity contribution in [3.8, 4) is 0 Å². The van der Waals surface area contributed by atoms with E-state index in [1.165, 1.54) is 0 Å². The van der Waals surface area contributed by atoms with Crippen molar-refractivity contribution in [1.29, 1.82) is 0 Å². The summed E-state index contributed by atoms with van der Waals surface area (Å²) in [6, 6.07) is 4.05. The molecule has 2 amide bonds. The van der Waals surface area contributed by atoms with E-state index < -0.39 is 0 Å². The zero-order valence-corrected chi connectivity index (χ0v) is 16.7. The first-order valence-corrected chi connectivity index (χ1v) is 9.89. The minimum absolute atomic E-state index is 0.0504. The molecular formula is C21H33N3O2. The van der Waals surface area contributed by atoms with E-state index >= 15 is 0 Å². The van der Waals surface area contributed by atoms with Crippen molar-refractivity contribution in [2.24, 2.45) is 11.8 Å². The molecule has 5 heteroatoms. The Hall–Kier alpha value is -1.91. The molecule has 0 spiro atoms. The van der Waals surface area contributed by atoms with E-state index in [1.54, 1.807) is 4.90 Å². The zero-order valence-electron chi connectivity index (χ0n) is 16.7. The topological polar surface area (TPSA) is 62.3 Å². The third-order valence-electron chi connectivity index (χ3n) is 5.18. The van der Waals surface area contributed by atoms with Crippen molar-refractivity contribution >= 4 is 11.8 Å². The Morgan fingerprint density at radius 3 is 2.54 bits per heavy atom. The van der Waals surface area contributed by atoms with Crippen LogP contribution in [0.4, 0.5) is 0 Å². The molecule has 1 aromatic rings. The maximum Gasteiger partial charge on any atom is 0.226 e. The monoisotopic (exact) mass is 359 g/mol. The molecule has 0 radical (unpaired) electrons. The molecule has 26 heavy (non-hydrogen) atoms. The Kier molecular flexibility index (Phi) is 7.61. The van der Waals surface area contributed by atoms with Crippen LogP contribution in [0, 0.1) is 25.7 Å². The molecule has 144 valence electrons. The zero-order chi connectivity index (χ0) is 19.1. The normalized spacial score (nSPS) is 19.8. The summed E-state index contributed by atoms with van der Waals surface area (Å²) in [5.74, 6) is -0.278.